The Balaban J connectivity index is 1.68. The number of methoxy groups -OCH3 is 1. The molecule has 1 atom stereocenters. The van der Waals surface area contributed by atoms with Gasteiger partial charge in [-0.2, -0.15) is 0 Å². The number of likely N-dealkylation sites (tertiary alicyclic amines) is 1. The lowest BCUT2D eigenvalue weighted by Gasteiger charge is -2.31. The second-order valence-electron chi connectivity index (χ2n) is 7.52. The van der Waals surface area contributed by atoms with E-state index in [1.165, 1.54) is 5.56 Å². The van der Waals surface area contributed by atoms with Gasteiger partial charge in [-0.15, -0.1) is 0 Å². The monoisotopic (exact) mass is 366 g/mol. The molecule has 3 rings (SSSR count). The molecule has 4 heteroatoms. The van der Waals surface area contributed by atoms with E-state index in [1.807, 2.05) is 47.4 Å². The lowest BCUT2D eigenvalue weighted by Crippen LogP contribution is -2.45. The fraction of sp³-hybridized carbons (Fsp3) is 0.435. The van der Waals surface area contributed by atoms with Crippen molar-refractivity contribution in [1.29, 1.82) is 0 Å². The first-order valence-corrected chi connectivity index (χ1v) is 9.82. The van der Waals surface area contributed by atoms with E-state index < -0.39 is 0 Å². The van der Waals surface area contributed by atoms with Gasteiger partial charge in [0.05, 0.1) is 13.7 Å². The molecule has 1 aliphatic heterocycles. The predicted molar refractivity (Wildman–Crippen MR) is 110 cm³/mol. The first kappa shape index (κ1) is 19.4. The topological polar surface area (TPSA) is 32.8 Å². The van der Waals surface area contributed by atoms with Crippen molar-refractivity contribution < 1.29 is 9.53 Å². The van der Waals surface area contributed by atoms with Crippen LogP contribution in [0.1, 0.15) is 32.3 Å². The number of amides is 1. The van der Waals surface area contributed by atoms with Crippen molar-refractivity contribution in [1.82, 2.24) is 4.90 Å². The molecule has 4 nitrogen and oxygen atoms in total. The molecule has 144 valence electrons. The number of carbonyl (C=O) groups is 1. The highest BCUT2D eigenvalue weighted by Crippen LogP contribution is 2.24. The number of carbonyl (C=O) groups excluding carboxylic acids is 1. The molecule has 1 amide bonds. The van der Waals surface area contributed by atoms with Crippen molar-refractivity contribution in [3.63, 3.8) is 0 Å². The normalized spacial score (nSPS) is 17.3. The van der Waals surface area contributed by atoms with E-state index >= 15 is 0 Å². The van der Waals surface area contributed by atoms with Gasteiger partial charge in [0.1, 0.15) is 5.75 Å². The molecule has 1 aliphatic rings. The SMILES string of the molecule is COc1cccc(CC2CCCN2CC(=O)N(c2ccccc2)C(C)C)c1. The van der Waals surface area contributed by atoms with E-state index in [0.717, 1.165) is 37.2 Å². The van der Waals surface area contributed by atoms with E-state index in [1.54, 1.807) is 7.11 Å². The minimum atomic E-state index is 0.138. The maximum Gasteiger partial charge on any atom is 0.241 e. The molecule has 0 bridgehead atoms. The number of para-hydroxylation sites is 1. The number of rotatable bonds is 7. The molecule has 1 unspecified atom stereocenters. The molecule has 27 heavy (non-hydrogen) atoms. The van der Waals surface area contributed by atoms with Gasteiger partial charge in [0.15, 0.2) is 0 Å². The molecular formula is C23H30N2O2. The third-order valence-corrected chi connectivity index (χ3v) is 5.26. The molecular weight excluding hydrogens is 336 g/mol. The van der Waals surface area contributed by atoms with E-state index in [0.29, 0.717) is 12.6 Å². The summed E-state index contributed by atoms with van der Waals surface area (Å²) >= 11 is 0. The highest BCUT2D eigenvalue weighted by Gasteiger charge is 2.29. The molecule has 0 radical (unpaired) electrons. The molecule has 0 N–H and O–H groups in total. The summed E-state index contributed by atoms with van der Waals surface area (Å²) in [4.78, 5) is 17.4. The van der Waals surface area contributed by atoms with Gasteiger partial charge in [-0.1, -0.05) is 30.3 Å². The van der Waals surface area contributed by atoms with Crippen molar-refractivity contribution in [3.05, 3.63) is 60.2 Å². The number of hydrogen-bond donors (Lipinski definition) is 0. The molecule has 0 aliphatic carbocycles. The fourth-order valence-electron chi connectivity index (χ4n) is 3.97. The van der Waals surface area contributed by atoms with Crippen molar-refractivity contribution in [2.75, 3.05) is 25.1 Å². The van der Waals surface area contributed by atoms with Gasteiger partial charge < -0.3 is 9.64 Å². The summed E-state index contributed by atoms with van der Waals surface area (Å²) in [7, 11) is 1.70. The van der Waals surface area contributed by atoms with Crippen molar-refractivity contribution in [2.24, 2.45) is 0 Å². The summed E-state index contributed by atoms with van der Waals surface area (Å²) in [5, 5.41) is 0. The van der Waals surface area contributed by atoms with Crippen molar-refractivity contribution >= 4 is 11.6 Å². The Hall–Kier alpha value is -2.33. The van der Waals surface area contributed by atoms with Gasteiger partial charge >= 0.3 is 0 Å². The highest BCUT2D eigenvalue weighted by molar-refractivity contribution is 5.95. The Morgan fingerprint density at radius 1 is 1.19 bits per heavy atom. The second-order valence-corrected chi connectivity index (χ2v) is 7.52. The van der Waals surface area contributed by atoms with Crippen LogP contribution in [-0.2, 0) is 11.2 Å². The standard InChI is InChI=1S/C23H30N2O2/c1-18(2)25(20-10-5-4-6-11-20)23(26)17-24-14-8-12-21(24)15-19-9-7-13-22(16-19)27-3/h4-7,9-11,13,16,18,21H,8,12,14-15,17H2,1-3H3. The maximum atomic E-state index is 13.1. The first-order valence-electron chi connectivity index (χ1n) is 9.82. The number of benzene rings is 2. The second kappa shape index (κ2) is 9.05. The molecule has 0 saturated carbocycles. The van der Waals surface area contributed by atoms with Crippen molar-refractivity contribution in [3.8, 4) is 5.75 Å². The molecule has 2 aromatic rings. The molecule has 0 spiro atoms. The summed E-state index contributed by atoms with van der Waals surface area (Å²) in [6, 6.07) is 18.8. The summed E-state index contributed by atoms with van der Waals surface area (Å²) < 4.78 is 5.34. The Labute approximate surface area is 162 Å². The minimum absolute atomic E-state index is 0.138. The van der Waals surface area contributed by atoms with Gasteiger partial charge in [0.25, 0.3) is 0 Å². The van der Waals surface area contributed by atoms with Crippen LogP contribution in [0.5, 0.6) is 5.75 Å². The summed E-state index contributed by atoms with van der Waals surface area (Å²) in [5.74, 6) is 1.07. The van der Waals surface area contributed by atoms with Crippen LogP contribution < -0.4 is 9.64 Å². The largest absolute Gasteiger partial charge is 0.497 e. The number of ether oxygens (including phenoxy) is 1. The first-order chi connectivity index (χ1) is 13.1. The zero-order chi connectivity index (χ0) is 19.2. The summed E-state index contributed by atoms with van der Waals surface area (Å²) in [6.07, 6.45) is 3.24. The van der Waals surface area contributed by atoms with Gasteiger partial charge in [-0.05, 0) is 69.5 Å². The number of hydrogen-bond acceptors (Lipinski definition) is 3. The smallest absolute Gasteiger partial charge is 0.241 e. The summed E-state index contributed by atoms with van der Waals surface area (Å²) in [5.41, 5.74) is 2.24. The average Bonchev–Trinajstić information content (AvgIpc) is 3.09. The third-order valence-electron chi connectivity index (χ3n) is 5.26. The van der Waals surface area contributed by atoms with E-state index in [9.17, 15) is 4.79 Å². The van der Waals surface area contributed by atoms with E-state index in [4.69, 9.17) is 4.74 Å². The van der Waals surface area contributed by atoms with Gasteiger partial charge in [-0.25, -0.2) is 0 Å². The van der Waals surface area contributed by atoms with Crippen LogP contribution in [0.4, 0.5) is 5.69 Å². The average molecular weight is 367 g/mol. The van der Waals surface area contributed by atoms with Gasteiger partial charge in [0.2, 0.25) is 5.91 Å². The van der Waals surface area contributed by atoms with Gasteiger partial charge in [-0.3, -0.25) is 9.69 Å². The molecule has 1 heterocycles. The van der Waals surface area contributed by atoms with Crippen LogP contribution in [0.25, 0.3) is 0 Å². The Bertz CT molecular complexity index is 745. The zero-order valence-electron chi connectivity index (χ0n) is 16.6. The molecule has 1 fully saturated rings. The third kappa shape index (κ3) is 4.89. The van der Waals surface area contributed by atoms with Gasteiger partial charge in [0, 0.05) is 17.8 Å². The lowest BCUT2D eigenvalue weighted by molar-refractivity contribution is -0.120. The van der Waals surface area contributed by atoms with Crippen LogP contribution >= 0.6 is 0 Å². The maximum absolute atomic E-state index is 13.1. The minimum Gasteiger partial charge on any atom is -0.497 e. The Morgan fingerprint density at radius 3 is 2.67 bits per heavy atom. The zero-order valence-corrected chi connectivity index (χ0v) is 16.6. The predicted octanol–water partition coefficient (Wildman–Crippen LogP) is 4.14. The van der Waals surface area contributed by atoms with Crippen LogP contribution in [0, 0.1) is 0 Å². The van der Waals surface area contributed by atoms with E-state index in [-0.39, 0.29) is 11.9 Å². The fourth-order valence-corrected chi connectivity index (χ4v) is 3.97. The molecule has 0 aromatic heterocycles. The van der Waals surface area contributed by atoms with E-state index in [2.05, 4.69) is 30.9 Å². The van der Waals surface area contributed by atoms with Crippen molar-refractivity contribution in [2.45, 2.75) is 45.2 Å². The Kier molecular flexibility index (Phi) is 6.51. The Morgan fingerprint density at radius 2 is 1.96 bits per heavy atom. The lowest BCUT2D eigenvalue weighted by atomic mass is 10.0. The summed E-state index contributed by atoms with van der Waals surface area (Å²) in [6.45, 7) is 5.61. The number of anilines is 1. The molecule has 1 saturated heterocycles. The quantitative estimate of drug-likeness (QED) is 0.738. The highest BCUT2D eigenvalue weighted by atomic mass is 16.5. The number of nitrogens with zero attached hydrogens (tertiary/aromatic N) is 2. The van der Waals surface area contributed by atoms with Crippen LogP contribution in [-0.4, -0.2) is 43.1 Å². The van der Waals surface area contributed by atoms with Crippen LogP contribution in [0.15, 0.2) is 54.6 Å². The van der Waals surface area contributed by atoms with Crippen LogP contribution in [0.2, 0.25) is 0 Å². The van der Waals surface area contributed by atoms with Crippen LogP contribution in [0.3, 0.4) is 0 Å². The molecule has 2 aromatic carbocycles.